The van der Waals surface area contributed by atoms with Crippen LogP contribution in [0.15, 0.2) is 11.1 Å². The van der Waals surface area contributed by atoms with Gasteiger partial charge in [0.2, 0.25) is 5.91 Å². The summed E-state index contributed by atoms with van der Waals surface area (Å²) in [4.78, 5) is 11.8. The van der Waals surface area contributed by atoms with Crippen LogP contribution in [0.2, 0.25) is 0 Å². The average Bonchev–Trinajstić information content (AvgIpc) is 2.44. The number of halogens is 1. The summed E-state index contributed by atoms with van der Waals surface area (Å²) in [6, 6.07) is -0.00825. The molecule has 0 aromatic rings. The quantitative estimate of drug-likeness (QED) is 0.809. The highest BCUT2D eigenvalue weighted by Crippen LogP contribution is 2.36. The van der Waals surface area contributed by atoms with Crippen molar-refractivity contribution in [1.29, 1.82) is 0 Å². The summed E-state index contributed by atoms with van der Waals surface area (Å²) in [7, 11) is 0. The number of rotatable bonds is 3. The molecule has 0 radical (unpaired) electrons. The van der Waals surface area contributed by atoms with Crippen LogP contribution in [0.1, 0.15) is 26.2 Å². The van der Waals surface area contributed by atoms with E-state index in [0.29, 0.717) is 6.54 Å². The van der Waals surface area contributed by atoms with Crippen LogP contribution in [-0.2, 0) is 4.79 Å². The Morgan fingerprint density at radius 2 is 2.43 bits per heavy atom. The van der Waals surface area contributed by atoms with Crippen molar-refractivity contribution in [1.82, 2.24) is 5.32 Å². The predicted octanol–water partition coefficient (Wildman–Crippen LogP) is 1.53. The Labute approximate surface area is 93.2 Å². The van der Waals surface area contributed by atoms with Crippen molar-refractivity contribution in [2.45, 2.75) is 32.2 Å². The molecule has 1 saturated carbocycles. The van der Waals surface area contributed by atoms with Crippen LogP contribution in [0.3, 0.4) is 0 Å². The van der Waals surface area contributed by atoms with E-state index in [1.807, 2.05) is 6.92 Å². The van der Waals surface area contributed by atoms with Crippen molar-refractivity contribution in [2.75, 3.05) is 6.54 Å². The smallest absolute Gasteiger partial charge is 0.227 e. The van der Waals surface area contributed by atoms with Gasteiger partial charge in [-0.3, -0.25) is 4.79 Å². The highest BCUT2D eigenvalue weighted by Gasteiger charge is 2.42. The summed E-state index contributed by atoms with van der Waals surface area (Å²) < 4.78 is 0.779. The standard InChI is InChI=1S/C10H17BrN2O/c1-7(11)6-13-9(14)10(2)5-3-4-8(10)12/h8H,1,3-6,12H2,2H3,(H,13,14). The molecule has 2 atom stereocenters. The number of hydrogen-bond acceptors (Lipinski definition) is 2. The average molecular weight is 261 g/mol. The van der Waals surface area contributed by atoms with Crippen LogP contribution in [0.5, 0.6) is 0 Å². The Morgan fingerprint density at radius 1 is 1.79 bits per heavy atom. The Balaban J connectivity index is 2.54. The normalized spacial score (nSPS) is 31.5. The van der Waals surface area contributed by atoms with Gasteiger partial charge in [0.1, 0.15) is 0 Å². The van der Waals surface area contributed by atoms with E-state index in [-0.39, 0.29) is 17.4 Å². The van der Waals surface area contributed by atoms with Gasteiger partial charge in [-0.2, -0.15) is 0 Å². The molecule has 14 heavy (non-hydrogen) atoms. The molecule has 1 rings (SSSR count). The van der Waals surface area contributed by atoms with Gasteiger partial charge in [0.15, 0.2) is 0 Å². The second kappa shape index (κ2) is 4.45. The zero-order chi connectivity index (χ0) is 10.8. The van der Waals surface area contributed by atoms with Gasteiger partial charge in [-0.25, -0.2) is 0 Å². The third-order valence-corrected chi connectivity index (χ3v) is 3.27. The van der Waals surface area contributed by atoms with E-state index in [1.165, 1.54) is 0 Å². The van der Waals surface area contributed by atoms with E-state index in [4.69, 9.17) is 5.73 Å². The third-order valence-electron chi connectivity index (χ3n) is 2.99. The SMILES string of the molecule is C=C(Br)CNC(=O)C1(C)CCCC1N. The zero-order valence-corrected chi connectivity index (χ0v) is 10.1. The van der Waals surface area contributed by atoms with Gasteiger partial charge in [0, 0.05) is 17.1 Å². The number of nitrogens with one attached hydrogen (secondary N) is 1. The lowest BCUT2D eigenvalue weighted by Gasteiger charge is -2.27. The monoisotopic (exact) mass is 260 g/mol. The van der Waals surface area contributed by atoms with Crippen LogP contribution in [0.25, 0.3) is 0 Å². The van der Waals surface area contributed by atoms with Gasteiger partial charge >= 0.3 is 0 Å². The summed E-state index contributed by atoms with van der Waals surface area (Å²) in [5, 5.41) is 2.83. The molecular formula is C10H17BrN2O. The molecule has 3 nitrogen and oxygen atoms in total. The topological polar surface area (TPSA) is 55.1 Å². The molecule has 2 unspecified atom stereocenters. The Kier molecular flexibility index (Phi) is 3.72. The summed E-state index contributed by atoms with van der Waals surface area (Å²) in [6.07, 6.45) is 2.87. The first kappa shape index (κ1) is 11.7. The van der Waals surface area contributed by atoms with E-state index in [9.17, 15) is 4.79 Å². The molecule has 0 saturated heterocycles. The lowest BCUT2D eigenvalue weighted by Crippen LogP contribution is -2.47. The molecule has 4 heteroatoms. The first-order valence-corrected chi connectivity index (χ1v) is 5.63. The number of nitrogens with two attached hydrogens (primary N) is 1. The number of carbonyl (C=O) groups is 1. The number of carbonyl (C=O) groups excluding carboxylic acids is 1. The van der Waals surface area contributed by atoms with Gasteiger partial charge in [-0.15, -0.1) is 0 Å². The maximum Gasteiger partial charge on any atom is 0.227 e. The largest absolute Gasteiger partial charge is 0.351 e. The minimum atomic E-state index is -0.386. The maximum absolute atomic E-state index is 11.8. The zero-order valence-electron chi connectivity index (χ0n) is 8.48. The lowest BCUT2D eigenvalue weighted by atomic mass is 9.84. The maximum atomic E-state index is 11.8. The van der Waals surface area contributed by atoms with E-state index < -0.39 is 0 Å². The molecule has 0 heterocycles. The molecule has 0 aromatic heterocycles. The molecule has 0 aliphatic heterocycles. The fraction of sp³-hybridized carbons (Fsp3) is 0.700. The molecule has 3 N–H and O–H groups in total. The van der Waals surface area contributed by atoms with E-state index in [0.717, 1.165) is 23.7 Å². The molecule has 0 bridgehead atoms. The highest BCUT2D eigenvalue weighted by molar-refractivity contribution is 9.11. The molecule has 80 valence electrons. The second-order valence-corrected chi connectivity index (χ2v) is 5.24. The summed E-state index contributed by atoms with van der Waals surface area (Å²) in [5.41, 5.74) is 5.54. The van der Waals surface area contributed by atoms with Crippen LogP contribution in [-0.4, -0.2) is 18.5 Å². The fourth-order valence-corrected chi connectivity index (χ4v) is 1.99. The van der Waals surface area contributed by atoms with Crippen molar-refractivity contribution in [2.24, 2.45) is 11.1 Å². The molecule has 1 amide bonds. The van der Waals surface area contributed by atoms with Crippen molar-refractivity contribution >= 4 is 21.8 Å². The molecule has 1 aliphatic rings. The lowest BCUT2D eigenvalue weighted by molar-refractivity contribution is -0.130. The molecule has 0 spiro atoms. The van der Waals surface area contributed by atoms with Crippen LogP contribution in [0, 0.1) is 5.41 Å². The Morgan fingerprint density at radius 3 is 2.86 bits per heavy atom. The molecule has 1 aliphatic carbocycles. The van der Waals surface area contributed by atoms with E-state index in [2.05, 4.69) is 27.8 Å². The number of hydrogen-bond donors (Lipinski definition) is 2. The van der Waals surface area contributed by atoms with E-state index >= 15 is 0 Å². The fourth-order valence-electron chi connectivity index (χ4n) is 1.85. The Hall–Kier alpha value is -0.350. The Bertz CT molecular complexity index is 255. The van der Waals surface area contributed by atoms with Crippen molar-refractivity contribution in [3.8, 4) is 0 Å². The van der Waals surface area contributed by atoms with Crippen molar-refractivity contribution in [3.63, 3.8) is 0 Å². The first-order chi connectivity index (χ1) is 6.47. The second-order valence-electron chi connectivity index (χ2n) is 4.12. The van der Waals surface area contributed by atoms with Crippen molar-refractivity contribution in [3.05, 3.63) is 11.1 Å². The summed E-state index contributed by atoms with van der Waals surface area (Å²) >= 11 is 3.20. The van der Waals surface area contributed by atoms with Gasteiger partial charge in [-0.1, -0.05) is 28.9 Å². The van der Waals surface area contributed by atoms with Crippen LogP contribution >= 0.6 is 15.9 Å². The molecule has 1 fully saturated rings. The van der Waals surface area contributed by atoms with Crippen LogP contribution < -0.4 is 11.1 Å². The van der Waals surface area contributed by atoms with E-state index in [1.54, 1.807) is 0 Å². The molecule has 0 aromatic carbocycles. The number of amides is 1. The summed E-state index contributed by atoms with van der Waals surface area (Å²) in [6.45, 7) is 6.08. The van der Waals surface area contributed by atoms with Gasteiger partial charge in [0.05, 0.1) is 5.41 Å². The third kappa shape index (κ3) is 2.36. The predicted molar refractivity (Wildman–Crippen MR) is 61.0 cm³/mol. The van der Waals surface area contributed by atoms with Crippen molar-refractivity contribution < 1.29 is 4.79 Å². The van der Waals surface area contributed by atoms with Crippen LogP contribution in [0.4, 0.5) is 0 Å². The molecular weight excluding hydrogens is 244 g/mol. The first-order valence-electron chi connectivity index (χ1n) is 4.84. The highest BCUT2D eigenvalue weighted by atomic mass is 79.9. The van der Waals surface area contributed by atoms with Gasteiger partial charge < -0.3 is 11.1 Å². The van der Waals surface area contributed by atoms with Gasteiger partial charge in [-0.05, 0) is 19.8 Å². The minimum absolute atomic E-state index is 0.00825. The van der Waals surface area contributed by atoms with Gasteiger partial charge in [0.25, 0.3) is 0 Å². The summed E-state index contributed by atoms with van der Waals surface area (Å²) in [5.74, 6) is 0.0445. The minimum Gasteiger partial charge on any atom is -0.351 e.